The van der Waals surface area contributed by atoms with Crippen LogP contribution in [0, 0.1) is 39.5 Å². The summed E-state index contributed by atoms with van der Waals surface area (Å²) in [5, 5.41) is 2.89. The lowest BCUT2D eigenvalue weighted by Gasteiger charge is -2.21. The van der Waals surface area contributed by atoms with Crippen molar-refractivity contribution < 1.29 is 0 Å². The van der Waals surface area contributed by atoms with Gasteiger partial charge in [0, 0.05) is 11.2 Å². The monoisotopic (exact) mass is 425 g/mol. The van der Waals surface area contributed by atoms with Crippen molar-refractivity contribution in [2.45, 2.75) is 46.3 Å². The van der Waals surface area contributed by atoms with Gasteiger partial charge in [0.1, 0.15) is 0 Å². The van der Waals surface area contributed by atoms with E-state index >= 15 is 0 Å². The number of hydrogen-bond donors (Lipinski definition) is 0. The Labute approximate surface area is 193 Å². The highest BCUT2D eigenvalue weighted by Gasteiger charge is 2.19. The highest BCUT2D eigenvalue weighted by Crippen LogP contribution is 2.35. The van der Waals surface area contributed by atoms with Gasteiger partial charge in [-0.2, -0.15) is 0 Å². The van der Waals surface area contributed by atoms with E-state index in [1.807, 2.05) is 11.8 Å². The largest absolute Gasteiger partial charge is 0.131 e. The predicted octanol–water partition coefficient (Wildman–Crippen LogP) is 8.37. The van der Waals surface area contributed by atoms with Gasteiger partial charge in [0.2, 0.25) is 0 Å². The van der Waals surface area contributed by atoms with E-state index in [4.69, 9.17) is 0 Å². The van der Waals surface area contributed by atoms with E-state index in [1.165, 1.54) is 44.9 Å². The summed E-state index contributed by atoms with van der Waals surface area (Å²) >= 11 is 1.89. The molecule has 3 aromatic carbocycles. The molecule has 3 aromatic rings. The third kappa shape index (κ3) is 7.43. The molecule has 0 heterocycles. The molecule has 0 amide bonds. The van der Waals surface area contributed by atoms with Gasteiger partial charge in [0.15, 0.2) is 0 Å². The van der Waals surface area contributed by atoms with Crippen molar-refractivity contribution in [3.8, 4) is 0 Å². The van der Waals surface area contributed by atoms with Crippen molar-refractivity contribution in [1.29, 1.82) is 0 Å². The van der Waals surface area contributed by atoms with E-state index in [0.717, 1.165) is 6.42 Å². The van der Waals surface area contributed by atoms with Crippen LogP contribution in [-0.4, -0.2) is 5.25 Å². The minimum absolute atomic E-state index is 0.544. The number of aryl methyl sites for hydroxylation is 3. The van der Waals surface area contributed by atoms with Crippen LogP contribution in [0.1, 0.15) is 47.2 Å². The normalized spacial score (nSPS) is 12.0. The Kier molecular flexibility index (Phi) is 8.60. The van der Waals surface area contributed by atoms with Crippen LogP contribution < -0.4 is 0 Å². The van der Waals surface area contributed by atoms with E-state index in [0.29, 0.717) is 5.25 Å². The first-order chi connectivity index (χ1) is 14.9. The number of thioether (sulfide) groups is 1. The number of allylic oxidation sites excluding steroid dienone is 1. The van der Waals surface area contributed by atoms with E-state index in [9.17, 15) is 0 Å². The molecule has 0 bridgehead atoms. The summed E-state index contributed by atoms with van der Waals surface area (Å²) in [6.45, 7) is 10.9. The first-order valence-electron chi connectivity index (χ1n) is 11.0. The molecular formula is C30H33S. The lowest BCUT2D eigenvalue weighted by atomic mass is 9.84. The topological polar surface area (TPSA) is 0 Å². The quantitative estimate of drug-likeness (QED) is 0.332. The average Bonchev–Trinajstić information content (AvgIpc) is 2.75. The molecule has 0 saturated heterocycles. The number of hydrogen-bond acceptors (Lipinski definition) is 1. The van der Waals surface area contributed by atoms with Gasteiger partial charge >= 0.3 is 0 Å². The third-order valence-corrected chi connectivity index (χ3v) is 6.15. The second-order valence-electron chi connectivity index (χ2n) is 8.51. The van der Waals surface area contributed by atoms with E-state index < -0.39 is 0 Å². The maximum atomic E-state index is 2.35. The Morgan fingerprint density at radius 2 is 1.26 bits per heavy atom. The maximum Gasteiger partial charge on any atom is 0.0145 e. The molecular weight excluding hydrogens is 392 g/mol. The molecule has 31 heavy (non-hydrogen) atoms. The molecule has 0 unspecified atom stereocenters. The summed E-state index contributed by atoms with van der Waals surface area (Å²) in [7, 11) is 0. The van der Waals surface area contributed by atoms with Crippen LogP contribution in [0.2, 0.25) is 0 Å². The molecule has 0 spiro atoms. The highest BCUT2D eigenvalue weighted by molar-refractivity contribution is 8.02. The molecule has 0 aliphatic heterocycles. The van der Waals surface area contributed by atoms with Crippen molar-refractivity contribution in [2.24, 2.45) is 0 Å². The van der Waals surface area contributed by atoms with Gasteiger partial charge in [-0.1, -0.05) is 103 Å². The second-order valence-corrected chi connectivity index (χ2v) is 9.96. The molecule has 0 aliphatic carbocycles. The summed E-state index contributed by atoms with van der Waals surface area (Å²) in [5.74, 6) is 1.33. The van der Waals surface area contributed by atoms with Crippen LogP contribution in [0.15, 0.2) is 78.2 Å². The fourth-order valence-electron chi connectivity index (χ4n) is 3.31. The molecule has 0 aliphatic rings. The lowest BCUT2D eigenvalue weighted by Crippen LogP contribution is -2.08. The number of benzene rings is 3. The first kappa shape index (κ1) is 23.4. The van der Waals surface area contributed by atoms with Gasteiger partial charge in [-0.3, -0.25) is 0 Å². The standard InChI is InChI=1S/C30H33S/c1-22(2)31-21-30(28-17-10-25(5)11-18-28)29(20-27-14-8-24(4)9-15-27)19-16-26-12-6-23(3)7-13-26/h6-19,21-22H,20H2,1-5H3/b30-21-. The van der Waals surface area contributed by atoms with Crippen molar-refractivity contribution in [2.75, 3.05) is 0 Å². The zero-order valence-electron chi connectivity index (χ0n) is 19.4. The van der Waals surface area contributed by atoms with Crippen molar-refractivity contribution in [3.63, 3.8) is 0 Å². The number of rotatable bonds is 9. The zero-order valence-corrected chi connectivity index (χ0v) is 20.2. The van der Waals surface area contributed by atoms with Gasteiger partial charge in [-0.05, 0) is 67.7 Å². The van der Waals surface area contributed by atoms with Crippen LogP contribution in [-0.2, 0) is 6.42 Å². The van der Waals surface area contributed by atoms with E-state index in [-0.39, 0.29) is 0 Å². The summed E-state index contributed by atoms with van der Waals surface area (Å²) in [5.41, 5.74) is 9.01. The molecule has 0 fully saturated rings. The SMILES string of the molecule is Cc1ccc([CH][CH][C](Cc2ccc(C)cc2)/C(=C\SC(C)C)c2ccc(C)cc2)cc1. The second kappa shape index (κ2) is 11.4. The Hall–Kier alpha value is -2.25. The summed E-state index contributed by atoms with van der Waals surface area (Å²) in [6, 6.07) is 26.5. The van der Waals surface area contributed by atoms with Gasteiger partial charge < -0.3 is 0 Å². The van der Waals surface area contributed by atoms with Gasteiger partial charge in [-0.15, -0.1) is 11.8 Å². The molecule has 1 heteroatoms. The Bertz CT molecular complexity index is 960. The maximum absolute atomic E-state index is 2.35. The molecule has 159 valence electrons. The fourth-order valence-corrected chi connectivity index (χ4v) is 4.01. The molecule has 3 radical (unpaired) electrons. The molecule has 0 atom stereocenters. The smallest absolute Gasteiger partial charge is 0.0145 e. The summed E-state index contributed by atoms with van der Waals surface area (Å²) in [4.78, 5) is 0. The summed E-state index contributed by atoms with van der Waals surface area (Å²) < 4.78 is 0. The molecule has 0 aromatic heterocycles. The third-order valence-electron chi connectivity index (χ3n) is 5.24. The Morgan fingerprint density at radius 3 is 1.81 bits per heavy atom. The highest BCUT2D eigenvalue weighted by atomic mass is 32.2. The summed E-state index contributed by atoms with van der Waals surface area (Å²) in [6.07, 6.45) is 5.45. The van der Waals surface area contributed by atoms with Crippen LogP contribution in [0.3, 0.4) is 0 Å². The first-order valence-corrected chi connectivity index (χ1v) is 11.9. The zero-order chi connectivity index (χ0) is 22.2. The predicted molar refractivity (Wildman–Crippen MR) is 139 cm³/mol. The average molecular weight is 426 g/mol. The Morgan fingerprint density at radius 1 is 0.742 bits per heavy atom. The van der Waals surface area contributed by atoms with Crippen LogP contribution in [0.4, 0.5) is 0 Å². The molecule has 0 nitrogen and oxygen atoms in total. The van der Waals surface area contributed by atoms with Gasteiger partial charge in [0.25, 0.3) is 0 Å². The minimum Gasteiger partial charge on any atom is -0.131 e. The molecule has 3 rings (SSSR count). The van der Waals surface area contributed by atoms with Crippen molar-refractivity contribution >= 4 is 17.3 Å². The van der Waals surface area contributed by atoms with Crippen LogP contribution >= 0.6 is 11.8 Å². The van der Waals surface area contributed by atoms with E-state index in [2.05, 4.69) is 126 Å². The van der Waals surface area contributed by atoms with Gasteiger partial charge in [0.05, 0.1) is 0 Å². The van der Waals surface area contributed by atoms with Gasteiger partial charge in [-0.25, -0.2) is 0 Å². The molecule has 0 N–H and O–H groups in total. The lowest BCUT2D eigenvalue weighted by molar-refractivity contribution is 1.05. The minimum atomic E-state index is 0.544. The van der Waals surface area contributed by atoms with Crippen LogP contribution in [0.25, 0.3) is 5.57 Å². The van der Waals surface area contributed by atoms with Crippen molar-refractivity contribution in [3.05, 3.63) is 130 Å². The van der Waals surface area contributed by atoms with E-state index in [1.54, 1.807) is 0 Å². The van der Waals surface area contributed by atoms with Crippen molar-refractivity contribution in [1.82, 2.24) is 0 Å². The molecule has 0 saturated carbocycles. The Balaban J connectivity index is 1.92. The van der Waals surface area contributed by atoms with Crippen LogP contribution in [0.5, 0.6) is 0 Å². The fraction of sp³-hybridized carbons (Fsp3) is 0.233.